The Balaban J connectivity index is 2.26. The first kappa shape index (κ1) is 14.3. The lowest BCUT2D eigenvalue weighted by atomic mass is 10.2. The van der Waals surface area contributed by atoms with Crippen molar-refractivity contribution < 1.29 is 9.90 Å². The zero-order valence-corrected chi connectivity index (χ0v) is 13.0. The van der Waals surface area contributed by atoms with Gasteiger partial charge in [-0.25, -0.2) is 9.78 Å². The van der Waals surface area contributed by atoms with Crippen LogP contribution in [-0.2, 0) is 4.79 Å². The Hall–Kier alpha value is -1.11. The van der Waals surface area contributed by atoms with Gasteiger partial charge in [0.15, 0.2) is 6.04 Å². The lowest BCUT2D eigenvalue weighted by Crippen LogP contribution is -2.20. The van der Waals surface area contributed by atoms with Crippen molar-refractivity contribution in [3.05, 3.63) is 43.8 Å². The van der Waals surface area contributed by atoms with Gasteiger partial charge in [0, 0.05) is 21.2 Å². The van der Waals surface area contributed by atoms with Crippen LogP contribution in [0.4, 0.5) is 5.69 Å². The van der Waals surface area contributed by atoms with E-state index < -0.39 is 12.0 Å². The van der Waals surface area contributed by atoms with Crippen molar-refractivity contribution >= 4 is 50.5 Å². The first-order chi connectivity index (χ1) is 8.97. The molecule has 1 unspecified atom stereocenters. The number of hydrogen-bond donors (Lipinski definition) is 2. The van der Waals surface area contributed by atoms with Gasteiger partial charge in [-0.15, -0.1) is 11.3 Å². The Kier molecular flexibility index (Phi) is 4.44. The van der Waals surface area contributed by atoms with Crippen molar-refractivity contribution in [3.8, 4) is 0 Å². The average molecular weight is 362 g/mol. The maximum atomic E-state index is 11.3. The second-order valence-electron chi connectivity index (χ2n) is 3.87. The molecule has 0 amide bonds. The Morgan fingerprint density at radius 1 is 1.58 bits per heavy atom. The molecular weight excluding hydrogens is 352 g/mol. The van der Waals surface area contributed by atoms with Gasteiger partial charge < -0.3 is 10.4 Å². The molecule has 7 heteroatoms. The molecule has 1 aromatic carbocycles. The third kappa shape index (κ3) is 3.46. The number of aromatic nitrogens is 1. The summed E-state index contributed by atoms with van der Waals surface area (Å²) in [5.74, 6) is -0.972. The number of aliphatic carboxylic acids is 1. The van der Waals surface area contributed by atoms with E-state index in [9.17, 15) is 9.90 Å². The number of rotatable bonds is 4. The van der Waals surface area contributed by atoms with Gasteiger partial charge in [-0.05, 0) is 41.1 Å². The molecular formula is C12H10BrClN2O2S. The van der Waals surface area contributed by atoms with Crippen molar-refractivity contribution in [2.24, 2.45) is 0 Å². The summed E-state index contributed by atoms with van der Waals surface area (Å²) in [7, 11) is 0. The van der Waals surface area contributed by atoms with Crippen LogP contribution in [0.15, 0.2) is 28.1 Å². The standard InChI is InChI=1S/C12H10BrClN2O2S/c1-6-5-19-11(15-6)10(12(17)18)16-7-2-3-9(14)8(13)4-7/h2-5,10,16H,1H3,(H,17,18). The van der Waals surface area contributed by atoms with E-state index in [2.05, 4.69) is 26.2 Å². The molecule has 0 saturated carbocycles. The lowest BCUT2D eigenvalue weighted by molar-refractivity contribution is -0.138. The molecule has 0 aliphatic heterocycles. The van der Waals surface area contributed by atoms with Crippen LogP contribution >= 0.6 is 38.9 Å². The van der Waals surface area contributed by atoms with Crippen LogP contribution in [0.25, 0.3) is 0 Å². The number of carboxylic acid groups (broad SMARTS) is 1. The zero-order chi connectivity index (χ0) is 14.0. The minimum Gasteiger partial charge on any atom is -0.479 e. The van der Waals surface area contributed by atoms with Crippen molar-refractivity contribution in [1.29, 1.82) is 0 Å². The summed E-state index contributed by atoms with van der Waals surface area (Å²) < 4.78 is 0.707. The van der Waals surface area contributed by atoms with Gasteiger partial charge in [0.25, 0.3) is 0 Å². The monoisotopic (exact) mass is 360 g/mol. The first-order valence-corrected chi connectivity index (χ1v) is 7.39. The van der Waals surface area contributed by atoms with Crippen molar-refractivity contribution in [1.82, 2.24) is 4.98 Å². The van der Waals surface area contributed by atoms with Gasteiger partial charge >= 0.3 is 5.97 Å². The molecule has 0 radical (unpaired) electrons. The molecule has 0 aliphatic rings. The number of carboxylic acids is 1. The van der Waals surface area contributed by atoms with E-state index in [1.54, 1.807) is 18.2 Å². The minimum absolute atomic E-state index is 0.524. The molecule has 1 aromatic heterocycles. The Labute approximate surface area is 127 Å². The minimum atomic E-state index is -0.972. The second-order valence-corrected chi connectivity index (χ2v) is 6.02. The smallest absolute Gasteiger partial charge is 0.333 e. The molecule has 0 aliphatic carbocycles. The number of halogens is 2. The molecule has 2 N–H and O–H groups in total. The van der Waals surface area contributed by atoms with Crippen molar-refractivity contribution in [2.45, 2.75) is 13.0 Å². The highest BCUT2D eigenvalue weighted by atomic mass is 79.9. The van der Waals surface area contributed by atoms with Gasteiger partial charge in [-0.1, -0.05) is 11.6 Å². The van der Waals surface area contributed by atoms with Gasteiger partial charge in [0.1, 0.15) is 5.01 Å². The fraction of sp³-hybridized carbons (Fsp3) is 0.167. The van der Waals surface area contributed by atoms with E-state index in [1.165, 1.54) is 11.3 Å². The third-order valence-corrected chi connectivity index (χ3v) is 4.60. The third-order valence-electron chi connectivity index (χ3n) is 2.36. The average Bonchev–Trinajstić information content (AvgIpc) is 2.76. The van der Waals surface area contributed by atoms with Crippen LogP contribution in [0.3, 0.4) is 0 Å². The summed E-state index contributed by atoms with van der Waals surface area (Å²) in [5, 5.41) is 15.1. The second kappa shape index (κ2) is 5.90. The van der Waals surface area contributed by atoms with Gasteiger partial charge in [0.2, 0.25) is 0 Å². The molecule has 19 heavy (non-hydrogen) atoms. The Morgan fingerprint density at radius 3 is 2.84 bits per heavy atom. The van der Waals surface area contributed by atoms with E-state index in [4.69, 9.17) is 11.6 Å². The molecule has 0 spiro atoms. The number of aryl methyl sites for hydroxylation is 1. The fourth-order valence-electron chi connectivity index (χ4n) is 1.49. The lowest BCUT2D eigenvalue weighted by Gasteiger charge is -2.14. The molecule has 2 aromatic rings. The van der Waals surface area contributed by atoms with Gasteiger partial charge in [0.05, 0.1) is 5.02 Å². The summed E-state index contributed by atoms with van der Waals surface area (Å²) in [6.07, 6.45) is 0. The summed E-state index contributed by atoms with van der Waals surface area (Å²) in [5.41, 5.74) is 1.47. The molecule has 2 rings (SSSR count). The highest BCUT2D eigenvalue weighted by molar-refractivity contribution is 9.10. The van der Waals surface area contributed by atoms with Crippen LogP contribution in [0.2, 0.25) is 5.02 Å². The predicted molar refractivity (Wildman–Crippen MR) is 80.0 cm³/mol. The summed E-state index contributed by atoms with van der Waals surface area (Å²) in [6, 6.07) is 4.29. The Morgan fingerprint density at radius 2 is 2.32 bits per heavy atom. The van der Waals surface area contributed by atoms with E-state index in [-0.39, 0.29) is 0 Å². The summed E-state index contributed by atoms with van der Waals surface area (Å²) in [6.45, 7) is 1.83. The van der Waals surface area contributed by atoms with E-state index in [0.29, 0.717) is 20.2 Å². The van der Waals surface area contributed by atoms with Crippen LogP contribution < -0.4 is 5.32 Å². The van der Waals surface area contributed by atoms with Crippen LogP contribution in [0.1, 0.15) is 16.7 Å². The number of hydrogen-bond acceptors (Lipinski definition) is 4. The molecule has 0 bridgehead atoms. The number of carbonyl (C=O) groups is 1. The maximum absolute atomic E-state index is 11.3. The maximum Gasteiger partial charge on any atom is 0.333 e. The van der Waals surface area contributed by atoms with E-state index >= 15 is 0 Å². The number of anilines is 1. The van der Waals surface area contributed by atoms with Crippen LogP contribution in [-0.4, -0.2) is 16.1 Å². The number of thiazole rings is 1. The Bertz CT molecular complexity index is 618. The van der Waals surface area contributed by atoms with Crippen molar-refractivity contribution in [2.75, 3.05) is 5.32 Å². The summed E-state index contributed by atoms with van der Waals surface area (Å²) >= 11 is 10.5. The van der Waals surface area contributed by atoms with Gasteiger partial charge in [-0.3, -0.25) is 0 Å². The van der Waals surface area contributed by atoms with E-state index in [1.807, 2.05) is 12.3 Å². The molecule has 100 valence electrons. The number of benzene rings is 1. The molecule has 1 heterocycles. The molecule has 0 fully saturated rings. The number of nitrogens with zero attached hydrogens (tertiary/aromatic N) is 1. The highest BCUT2D eigenvalue weighted by Crippen LogP contribution is 2.28. The zero-order valence-electron chi connectivity index (χ0n) is 9.85. The predicted octanol–water partition coefficient (Wildman–Crippen LogP) is 4.11. The SMILES string of the molecule is Cc1csc(C(Nc2ccc(Cl)c(Br)c2)C(=O)O)n1. The fourth-order valence-corrected chi connectivity index (χ4v) is 2.82. The molecule has 4 nitrogen and oxygen atoms in total. The van der Waals surface area contributed by atoms with E-state index in [0.717, 1.165) is 5.69 Å². The largest absolute Gasteiger partial charge is 0.479 e. The van der Waals surface area contributed by atoms with Gasteiger partial charge in [-0.2, -0.15) is 0 Å². The van der Waals surface area contributed by atoms with Crippen LogP contribution in [0, 0.1) is 6.92 Å². The highest BCUT2D eigenvalue weighted by Gasteiger charge is 2.23. The topological polar surface area (TPSA) is 62.2 Å². The summed E-state index contributed by atoms with van der Waals surface area (Å²) in [4.78, 5) is 15.5. The normalized spacial score (nSPS) is 12.2. The van der Waals surface area contributed by atoms with Crippen molar-refractivity contribution in [3.63, 3.8) is 0 Å². The molecule has 1 atom stereocenters. The molecule has 0 saturated heterocycles. The van der Waals surface area contributed by atoms with Crippen LogP contribution in [0.5, 0.6) is 0 Å². The number of nitrogens with one attached hydrogen (secondary N) is 1. The first-order valence-electron chi connectivity index (χ1n) is 5.34. The quantitative estimate of drug-likeness (QED) is 0.860.